The molecule has 0 radical (unpaired) electrons. The molecule has 1 heterocycles. The number of hydrogen-bond acceptors (Lipinski definition) is 3. The molecule has 2 rings (SSSR count). The van der Waals surface area contributed by atoms with Crippen molar-refractivity contribution in [2.75, 3.05) is 33.2 Å². The minimum atomic E-state index is -0.0247. The van der Waals surface area contributed by atoms with E-state index in [0.717, 1.165) is 13.0 Å². The van der Waals surface area contributed by atoms with Crippen molar-refractivity contribution >= 4 is 17.5 Å². The molecule has 104 valence electrons. The molecular formula is C14H18ClNO3. The summed E-state index contributed by atoms with van der Waals surface area (Å²) in [4.78, 5) is 14.3. The zero-order valence-electron chi connectivity index (χ0n) is 11.2. The average Bonchev–Trinajstić information content (AvgIpc) is 2.94. The van der Waals surface area contributed by atoms with Gasteiger partial charge in [-0.25, -0.2) is 0 Å². The van der Waals surface area contributed by atoms with Crippen LogP contribution in [0.2, 0.25) is 0 Å². The zero-order chi connectivity index (χ0) is 13.8. The van der Waals surface area contributed by atoms with Crippen molar-refractivity contribution in [2.45, 2.75) is 6.42 Å². The number of amides is 1. The molecule has 19 heavy (non-hydrogen) atoms. The molecule has 1 aromatic carbocycles. The van der Waals surface area contributed by atoms with E-state index in [4.69, 9.17) is 21.1 Å². The fraction of sp³-hybridized carbons (Fsp3) is 0.500. The molecule has 1 aliphatic rings. The Bertz CT molecular complexity index is 464. The molecule has 1 aromatic rings. The maximum atomic E-state index is 12.5. The van der Waals surface area contributed by atoms with E-state index in [1.807, 2.05) is 4.90 Å². The molecule has 1 atom stereocenters. The predicted molar refractivity (Wildman–Crippen MR) is 74.3 cm³/mol. The lowest BCUT2D eigenvalue weighted by atomic mass is 10.1. The molecule has 1 saturated heterocycles. The second-order valence-corrected chi connectivity index (χ2v) is 4.91. The molecule has 1 aliphatic heterocycles. The van der Waals surface area contributed by atoms with E-state index >= 15 is 0 Å². The first-order chi connectivity index (χ1) is 9.21. The number of halogens is 1. The van der Waals surface area contributed by atoms with Gasteiger partial charge in [-0.1, -0.05) is 6.07 Å². The van der Waals surface area contributed by atoms with Crippen LogP contribution in [0.15, 0.2) is 18.2 Å². The summed E-state index contributed by atoms with van der Waals surface area (Å²) in [5.74, 6) is 2.02. The molecule has 0 aliphatic carbocycles. The van der Waals surface area contributed by atoms with E-state index in [1.165, 1.54) is 0 Å². The third kappa shape index (κ3) is 2.78. The first-order valence-electron chi connectivity index (χ1n) is 6.27. The van der Waals surface area contributed by atoms with Gasteiger partial charge in [0.05, 0.1) is 19.8 Å². The third-order valence-electron chi connectivity index (χ3n) is 3.42. The molecule has 0 aromatic heterocycles. The normalized spacial score (nSPS) is 18.5. The van der Waals surface area contributed by atoms with E-state index in [9.17, 15) is 4.79 Å². The van der Waals surface area contributed by atoms with E-state index in [2.05, 4.69) is 0 Å². The molecule has 0 spiro atoms. The summed E-state index contributed by atoms with van der Waals surface area (Å²) >= 11 is 5.85. The van der Waals surface area contributed by atoms with Gasteiger partial charge in [-0.15, -0.1) is 11.6 Å². The van der Waals surface area contributed by atoms with Crippen LogP contribution in [0.3, 0.4) is 0 Å². The molecule has 1 unspecified atom stereocenters. The van der Waals surface area contributed by atoms with Gasteiger partial charge in [-0.3, -0.25) is 4.79 Å². The maximum absolute atomic E-state index is 12.5. The number of carbonyl (C=O) groups is 1. The maximum Gasteiger partial charge on any atom is 0.257 e. The lowest BCUT2D eigenvalue weighted by Crippen LogP contribution is -2.29. The van der Waals surface area contributed by atoms with Crippen molar-refractivity contribution in [3.05, 3.63) is 23.8 Å². The van der Waals surface area contributed by atoms with Gasteiger partial charge in [-0.05, 0) is 24.5 Å². The summed E-state index contributed by atoms with van der Waals surface area (Å²) in [6, 6.07) is 5.34. The van der Waals surface area contributed by atoms with Gasteiger partial charge in [0.1, 0.15) is 0 Å². The van der Waals surface area contributed by atoms with Gasteiger partial charge < -0.3 is 14.4 Å². The van der Waals surface area contributed by atoms with E-state index in [0.29, 0.717) is 35.4 Å². The Morgan fingerprint density at radius 1 is 1.42 bits per heavy atom. The number of likely N-dealkylation sites (tertiary alicyclic amines) is 1. The lowest BCUT2D eigenvalue weighted by Gasteiger charge is -2.19. The number of hydrogen-bond donors (Lipinski definition) is 0. The van der Waals surface area contributed by atoms with Crippen molar-refractivity contribution in [1.29, 1.82) is 0 Å². The Morgan fingerprint density at radius 2 is 2.21 bits per heavy atom. The summed E-state index contributed by atoms with van der Waals surface area (Å²) < 4.78 is 10.5. The number of rotatable bonds is 4. The van der Waals surface area contributed by atoms with Crippen LogP contribution in [0.25, 0.3) is 0 Å². The number of methoxy groups -OCH3 is 2. The SMILES string of the molecule is COc1cccc(C(=O)N2CCC(CCl)C2)c1OC. The number of ether oxygens (including phenoxy) is 2. The Labute approximate surface area is 118 Å². The smallest absolute Gasteiger partial charge is 0.257 e. The topological polar surface area (TPSA) is 38.8 Å². The van der Waals surface area contributed by atoms with Crippen LogP contribution in [-0.4, -0.2) is 44.0 Å². The van der Waals surface area contributed by atoms with Crippen LogP contribution >= 0.6 is 11.6 Å². The summed E-state index contributed by atoms with van der Waals surface area (Å²) in [7, 11) is 3.10. The monoisotopic (exact) mass is 283 g/mol. The first-order valence-corrected chi connectivity index (χ1v) is 6.81. The Morgan fingerprint density at radius 3 is 2.79 bits per heavy atom. The second kappa shape index (κ2) is 6.15. The van der Waals surface area contributed by atoms with Crippen molar-refractivity contribution in [2.24, 2.45) is 5.92 Å². The predicted octanol–water partition coefficient (Wildman–Crippen LogP) is 2.40. The highest BCUT2D eigenvalue weighted by Gasteiger charge is 2.28. The molecular weight excluding hydrogens is 266 g/mol. The van der Waals surface area contributed by atoms with Crippen molar-refractivity contribution in [3.8, 4) is 11.5 Å². The van der Waals surface area contributed by atoms with Crippen molar-refractivity contribution < 1.29 is 14.3 Å². The molecule has 1 fully saturated rings. The fourth-order valence-electron chi connectivity index (χ4n) is 2.37. The second-order valence-electron chi connectivity index (χ2n) is 4.60. The van der Waals surface area contributed by atoms with Gasteiger partial charge >= 0.3 is 0 Å². The molecule has 5 heteroatoms. The van der Waals surface area contributed by atoms with Crippen LogP contribution in [-0.2, 0) is 0 Å². The third-order valence-corrected chi connectivity index (χ3v) is 3.86. The Balaban J connectivity index is 2.24. The highest BCUT2D eigenvalue weighted by atomic mass is 35.5. The van der Waals surface area contributed by atoms with Crippen molar-refractivity contribution in [3.63, 3.8) is 0 Å². The minimum Gasteiger partial charge on any atom is -0.493 e. The van der Waals surface area contributed by atoms with E-state index < -0.39 is 0 Å². The number of alkyl halides is 1. The van der Waals surface area contributed by atoms with Gasteiger partial charge in [0.2, 0.25) is 0 Å². The van der Waals surface area contributed by atoms with E-state index in [-0.39, 0.29) is 5.91 Å². The summed E-state index contributed by atoms with van der Waals surface area (Å²) in [6.07, 6.45) is 0.960. The molecule has 0 N–H and O–H groups in total. The Hall–Kier alpha value is -1.42. The van der Waals surface area contributed by atoms with Gasteiger partial charge in [0, 0.05) is 19.0 Å². The fourth-order valence-corrected chi connectivity index (χ4v) is 2.62. The molecule has 0 saturated carbocycles. The van der Waals surface area contributed by atoms with Gasteiger partial charge in [0.15, 0.2) is 11.5 Å². The first kappa shape index (κ1) is 14.0. The average molecular weight is 284 g/mol. The molecule has 1 amide bonds. The lowest BCUT2D eigenvalue weighted by molar-refractivity contribution is 0.0784. The quantitative estimate of drug-likeness (QED) is 0.797. The molecule has 0 bridgehead atoms. The standard InChI is InChI=1S/C14H18ClNO3/c1-18-12-5-3-4-11(13(12)19-2)14(17)16-7-6-10(8-15)9-16/h3-5,10H,6-9H2,1-2H3. The summed E-state index contributed by atoms with van der Waals surface area (Å²) in [6.45, 7) is 1.46. The minimum absolute atomic E-state index is 0.0247. The number of para-hydroxylation sites is 1. The zero-order valence-corrected chi connectivity index (χ0v) is 11.9. The van der Waals surface area contributed by atoms with Crippen LogP contribution in [0.5, 0.6) is 11.5 Å². The van der Waals surface area contributed by atoms with Crippen molar-refractivity contribution in [1.82, 2.24) is 4.90 Å². The molecule has 4 nitrogen and oxygen atoms in total. The van der Waals surface area contributed by atoms with E-state index in [1.54, 1.807) is 32.4 Å². The van der Waals surface area contributed by atoms with Gasteiger partial charge in [0.25, 0.3) is 5.91 Å². The number of benzene rings is 1. The number of nitrogens with zero attached hydrogens (tertiary/aromatic N) is 1. The van der Waals surface area contributed by atoms with Crippen LogP contribution < -0.4 is 9.47 Å². The summed E-state index contributed by atoms with van der Waals surface area (Å²) in [5, 5.41) is 0. The Kier molecular flexibility index (Phi) is 4.53. The number of carbonyl (C=O) groups excluding carboxylic acids is 1. The van der Waals surface area contributed by atoms with Crippen LogP contribution in [0, 0.1) is 5.92 Å². The highest BCUT2D eigenvalue weighted by molar-refractivity contribution is 6.18. The van der Waals surface area contributed by atoms with Crippen LogP contribution in [0.4, 0.5) is 0 Å². The highest BCUT2D eigenvalue weighted by Crippen LogP contribution is 2.32. The summed E-state index contributed by atoms with van der Waals surface area (Å²) in [5.41, 5.74) is 0.539. The van der Waals surface area contributed by atoms with Crippen LogP contribution in [0.1, 0.15) is 16.8 Å². The largest absolute Gasteiger partial charge is 0.493 e. The van der Waals surface area contributed by atoms with Gasteiger partial charge in [-0.2, -0.15) is 0 Å².